The average Bonchev–Trinajstić information content (AvgIpc) is 3.20. The molecular formula is C15H25N3. The highest BCUT2D eigenvalue weighted by Gasteiger charge is 2.21. The summed E-state index contributed by atoms with van der Waals surface area (Å²) >= 11 is 0. The number of hydrogen-bond acceptors (Lipinski definition) is 3. The molecule has 100 valence electrons. The fraction of sp³-hybridized carbons (Fsp3) is 0.667. The fourth-order valence-electron chi connectivity index (χ4n) is 2.14. The molecule has 0 amide bonds. The Morgan fingerprint density at radius 2 is 2.28 bits per heavy atom. The first-order valence-electron chi connectivity index (χ1n) is 7.09. The van der Waals surface area contributed by atoms with Crippen molar-refractivity contribution in [3.05, 3.63) is 23.9 Å². The number of pyridine rings is 1. The number of hydrogen-bond donors (Lipinski definition) is 1. The van der Waals surface area contributed by atoms with Gasteiger partial charge < -0.3 is 10.2 Å². The van der Waals surface area contributed by atoms with Crippen molar-refractivity contribution in [1.82, 2.24) is 10.3 Å². The van der Waals surface area contributed by atoms with E-state index in [2.05, 4.69) is 42.2 Å². The van der Waals surface area contributed by atoms with Crippen molar-refractivity contribution in [2.75, 3.05) is 18.5 Å². The second-order valence-corrected chi connectivity index (χ2v) is 5.54. The van der Waals surface area contributed by atoms with E-state index < -0.39 is 0 Å². The zero-order valence-corrected chi connectivity index (χ0v) is 11.8. The molecule has 3 heteroatoms. The molecule has 18 heavy (non-hydrogen) atoms. The van der Waals surface area contributed by atoms with Crippen LogP contribution >= 0.6 is 0 Å². The van der Waals surface area contributed by atoms with Crippen molar-refractivity contribution in [2.24, 2.45) is 5.92 Å². The van der Waals surface area contributed by atoms with E-state index in [-0.39, 0.29) is 0 Å². The van der Waals surface area contributed by atoms with Gasteiger partial charge in [0.1, 0.15) is 5.82 Å². The molecule has 2 rings (SSSR count). The smallest absolute Gasteiger partial charge is 0.132 e. The highest BCUT2D eigenvalue weighted by molar-refractivity contribution is 5.46. The van der Waals surface area contributed by atoms with Crippen molar-refractivity contribution in [3.63, 3.8) is 0 Å². The SMILES string of the molecule is CCC(C)CN(C)c1ncccc1CNC1CC1. The van der Waals surface area contributed by atoms with Crippen molar-refractivity contribution in [3.8, 4) is 0 Å². The van der Waals surface area contributed by atoms with Crippen molar-refractivity contribution in [2.45, 2.75) is 45.7 Å². The Morgan fingerprint density at radius 1 is 1.50 bits per heavy atom. The van der Waals surface area contributed by atoms with Crippen molar-refractivity contribution >= 4 is 5.82 Å². The Balaban J connectivity index is 2.00. The van der Waals surface area contributed by atoms with E-state index >= 15 is 0 Å². The number of nitrogens with one attached hydrogen (secondary N) is 1. The fourth-order valence-corrected chi connectivity index (χ4v) is 2.14. The molecule has 1 heterocycles. The van der Waals surface area contributed by atoms with Gasteiger partial charge in [0.15, 0.2) is 0 Å². The first kappa shape index (κ1) is 13.3. The van der Waals surface area contributed by atoms with Gasteiger partial charge in [-0.25, -0.2) is 4.98 Å². The standard InChI is InChI=1S/C15H25N3/c1-4-12(2)11-18(3)15-13(6-5-9-16-15)10-17-14-7-8-14/h5-6,9,12,14,17H,4,7-8,10-11H2,1-3H3. The lowest BCUT2D eigenvalue weighted by Crippen LogP contribution is -2.27. The van der Waals surface area contributed by atoms with Crippen molar-refractivity contribution < 1.29 is 0 Å². The Bertz CT molecular complexity index is 374. The minimum atomic E-state index is 0.709. The normalized spacial score (nSPS) is 16.6. The lowest BCUT2D eigenvalue weighted by atomic mass is 10.1. The van der Waals surface area contributed by atoms with Gasteiger partial charge in [-0.15, -0.1) is 0 Å². The maximum atomic E-state index is 4.55. The maximum Gasteiger partial charge on any atom is 0.132 e. The summed E-state index contributed by atoms with van der Waals surface area (Å²) in [6, 6.07) is 4.97. The summed E-state index contributed by atoms with van der Waals surface area (Å²) in [5.41, 5.74) is 1.32. The van der Waals surface area contributed by atoms with Gasteiger partial charge in [-0.3, -0.25) is 0 Å². The van der Waals surface area contributed by atoms with Crippen LogP contribution in [-0.4, -0.2) is 24.6 Å². The molecule has 1 aliphatic rings. The van der Waals surface area contributed by atoms with E-state index in [1.165, 1.54) is 24.8 Å². The molecule has 0 radical (unpaired) electrons. The molecule has 1 aromatic rings. The number of nitrogens with zero attached hydrogens (tertiary/aromatic N) is 2. The van der Waals surface area contributed by atoms with Gasteiger partial charge in [0, 0.05) is 37.9 Å². The quantitative estimate of drug-likeness (QED) is 0.803. The van der Waals surface area contributed by atoms with E-state index in [0.717, 1.165) is 24.9 Å². The predicted molar refractivity (Wildman–Crippen MR) is 76.8 cm³/mol. The van der Waals surface area contributed by atoms with Crippen molar-refractivity contribution in [1.29, 1.82) is 0 Å². The van der Waals surface area contributed by atoms with Gasteiger partial charge in [0.25, 0.3) is 0 Å². The molecule has 1 saturated carbocycles. The largest absolute Gasteiger partial charge is 0.359 e. The molecule has 1 aromatic heterocycles. The highest BCUT2D eigenvalue weighted by Crippen LogP contribution is 2.22. The van der Waals surface area contributed by atoms with Crippen LogP contribution in [0.4, 0.5) is 5.82 Å². The zero-order valence-electron chi connectivity index (χ0n) is 11.8. The lowest BCUT2D eigenvalue weighted by Gasteiger charge is -2.24. The van der Waals surface area contributed by atoms with Crippen LogP contribution in [0.2, 0.25) is 0 Å². The van der Waals surface area contributed by atoms with Crippen LogP contribution in [0.3, 0.4) is 0 Å². The summed E-state index contributed by atoms with van der Waals surface area (Å²) in [5, 5.41) is 3.57. The van der Waals surface area contributed by atoms with Crippen LogP contribution in [0.1, 0.15) is 38.7 Å². The minimum absolute atomic E-state index is 0.709. The zero-order chi connectivity index (χ0) is 13.0. The first-order valence-corrected chi connectivity index (χ1v) is 7.09. The Labute approximate surface area is 111 Å². The molecule has 1 fully saturated rings. The van der Waals surface area contributed by atoms with Gasteiger partial charge >= 0.3 is 0 Å². The van der Waals surface area contributed by atoms with Crippen LogP contribution in [0.15, 0.2) is 18.3 Å². The third kappa shape index (κ3) is 3.70. The number of aromatic nitrogens is 1. The third-order valence-corrected chi connectivity index (χ3v) is 3.67. The Hall–Kier alpha value is -1.09. The molecule has 1 unspecified atom stereocenters. The van der Waals surface area contributed by atoms with Gasteiger partial charge in [0.05, 0.1) is 0 Å². The van der Waals surface area contributed by atoms with Gasteiger partial charge in [-0.2, -0.15) is 0 Å². The maximum absolute atomic E-state index is 4.55. The Kier molecular flexibility index (Phi) is 4.59. The van der Waals surface area contributed by atoms with Gasteiger partial charge in [-0.1, -0.05) is 26.3 Å². The van der Waals surface area contributed by atoms with E-state index in [0.29, 0.717) is 5.92 Å². The average molecular weight is 247 g/mol. The molecule has 1 N–H and O–H groups in total. The van der Waals surface area contributed by atoms with E-state index in [4.69, 9.17) is 0 Å². The Morgan fingerprint density at radius 3 is 2.94 bits per heavy atom. The highest BCUT2D eigenvalue weighted by atomic mass is 15.2. The molecule has 0 bridgehead atoms. The van der Waals surface area contributed by atoms with Crippen LogP contribution < -0.4 is 10.2 Å². The second-order valence-electron chi connectivity index (χ2n) is 5.54. The molecule has 1 aliphatic carbocycles. The first-order chi connectivity index (χ1) is 8.70. The summed E-state index contributed by atoms with van der Waals surface area (Å²) in [6.45, 7) is 6.55. The second kappa shape index (κ2) is 6.19. The molecule has 1 atom stereocenters. The minimum Gasteiger partial charge on any atom is -0.359 e. The molecule has 0 spiro atoms. The van der Waals surface area contributed by atoms with Gasteiger partial charge in [-0.05, 0) is 24.8 Å². The number of anilines is 1. The third-order valence-electron chi connectivity index (χ3n) is 3.67. The lowest BCUT2D eigenvalue weighted by molar-refractivity contribution is 0.556. The summed E-state index contributed by atoms with van der Waals surface area (Å²) < 4.78 is 0. The molecule has 0 aliphatic heterocycles. The van der Waals surface area contributed by atoms with Crippen LogP contribution in [0, 0.1) is 5.92 Å². The predicted octanol–water partition coefficient (Wildman–Crippen LogP) is 2.82. The van der Waals surface area contributed by atoms with Gasteiger partial charge in [0.2, 0.25) is 0 Å². The topological polar surface area (TPSA) is 28.2 Å². The summed E-state index contributed by atoms with van der Waals surface area (Å²) in [7, 11) is 2.15. The van der Waals surface area contributed by atoms with Crippen LogP contribution in [-0.2, 0) is 6.54 Å². The molecular weight excluding hydrogens is 222 g/mol. The van der Waals surface area contributed by atoms with Crippen LogP contribution in [0.5, 0.6) is 0 Å². The number of rotatable bonds is 7. The molecule has 3 nitrogen and oxygen atoms in total. The summed E-state index contributed by atoms with van der Waals surface area (Å²) in [4.78, 5) is 6.84. The monoisotopic (exact) mass is 247 g/mol. The molecule has 0 saturated heterocycles. The summed E-state index contributed by atoms with van der Waals surface area (Å²) in [6.07, 6.45) is 5.77. The molecule has 0 aromatic carbocycles. The van der Waals surface area contributed by atoms with E-state index in [1.807, 2.05) is 12.3 Å². The van der Waals surface area contributed by atoms with E-state index in [9.17, 15) is 0 Å². The van der Waals surface area contributed by atoms with Crippen LogP contribution in [0.25, 0.3) is 0 Å². The summed E-state index contributed by atoms with van der Waals surface area (Å²) in [5.74, 6) is 1.84. The van der Waals surface area contributed by atoms with E-state index in [1.54, 1.807) is 0 Å².